The zero-order valence-corrected chi connectivity index (χ0v) is 21.6. The molecule has 1 aliphatic heterocycles. The van der Waals surface area contributed by atoms with Gasteiger partial charge < -0.3 is 10.5 Å². The highest BCUT2D eigenvalue weighted by molar-refractivity contribution is 7.19. The van der Waals surface area contributed by atoms with Gasteiger partial charge in [-0.2, -0.15) is 0 Å². The fourth-order valence-electron chi connectivity index (χ4n) is 5.16. The van der Waals surface area contributed by atoms with Crippen LogP contribution in [0, 0.1) is 5.92 Å². The van der Waals surface area contributed by atoms with Crippen molar-refractivity contribution in [3.05, 3.63) is 64.3 Å². The Morgan fingerprint density at radius 2 is 2.00 bits per heavy atom. The molecule has 0 saturated carbocycles. The Balaban J connectivity index is 1.37. The Kier molecular flexibility index (Phi) is 7.02. The van der Waals surface area contributed by atoms with Crippen molar-refractivity contribution in [2.45, 2.75) is 45.4 Å². The molecule has 0 amide bonds. The highest BCUT2D eigenvalue weighted by Crippen LogP contribution is 2.31. The number of nitrogens with two attached hydrogens (primary N) is 1. The standard InChI is InChI=1S/C27H30ClN5OS/c1-17(2)7-21-12-32(14-23-9-19-4-5-20(28)10-26(19)35-23)13-22(15-34)33(21)11-18-3-6-24-25(8-18)30-16-31-27(24)29/h3-6,8-10,15-17,21-22H,7,11-14H2,1-2H3,(H2,29,30,31)/t21-,22?/m1/s1. The minimum absolute atomic E-state index is 0.164. The lowest BCUT2D eigenvalue weighted by atomic mass is 9.96. The normalized spacial score (nSPS) is 19.7. The molecule has 5 rings (SSSR count). The second-order valence-corrected chi connectivity index (χ2v) is 11.5. The Bertz CT molecular complexity index is 1360. The van der Waals surface area contributed by atoms with Gasteiger partial charge in [0.05, 0.1) is 11.6 Å². The second-order valence-electron chi connectivity index (χ2n) is 9.86. The lowest BCUT2D eigenvalue weighted by Gasteiger charge is -2.45. The largest absolute Gasteiger partial charge is 0.383 e. The number of nitrogens with zero attached hydrogens (tertiary/aromatic N) is 4. The molecule has 0 radical (unpaired) electrons. The number of aldehydes is 1. The number of carbonyl (C=O) groups is 1. The number of hydrogen-bond acceptors (Lipinski definition) is 7. The van der Waals surface area contributed by atoms with Gasteiger partial charge in [0, 0.05) is 52.2 Å². The average Bonchev–Trinajstić information content (AvgIpc) is 3.21. The minimum atomic E-state index is -0.164. The smallest absolute Gasteiger partial charge is 0.138 e. The number of piperazine rings is 1. The van der Waals surface area contributed by atoms with Crippen molar-refractivity contribution in [3.8, 4) is 0 Å². The van der Waals surface area contributed by atoms with Gasteiger partial charge >= 0.3 is 0 Å². The zero-order valence-electron chi connectivity index (χ0n) is 20.0. The van der Waals surface area contributed by atoms with Crippen LogP contribution in [0.2, 0.25) is 5.02 Å². The number of thiophene rings is 1. The van der Waals surface area contributed by atoms with Crippen LogP contribution in [0.1, 0.15) is 30.7 Å². The number of rotatable bonds is 7. The SMILES string of the molecule is CC(C)C[C@@H]1CN(Cc2cc3ccc(Cl)cc3s2)CC(C=O)N1Cc1ccc2c(N)ncnc2c1. The summed E-state index contributed by atoms with van der Waals surface area (Å²) in [5, 5.41) is 2.84. The van der Waals surface area contributed by atoms with E-state index in [2.05, 4.69) is 57.9 Å². The first kappa shape index (κ1) is 24.1. The third kappa shape index (κ3) is 5.33. The van der Waals surface area contributed by atoms with Crippen molar-refractivity contribution in [2.75, 3.05) is 18.8 Å². The number of aromatic nitrogens is 2. The summed E-state index contributed by atoms with van der Waals surface area (Å²) in [5.41, 5.74) is 7.97. The molecule has 2 aromatic heterocycles. The Labute approximate surface area is 214 Å². The fraction of sp³-hybridized carbons (Fsp3) is 0.370. The van der Waals surface area contributed by atoms with E-state index in [0.29, 0.717) is 18.3 Å². The quantitative estimate of drug-likeness (QED) is 0.338. The van der Waals surface area contributed by atoms with Crippen molar-refractivity contribution >= 4 is 56.0 Å². The first-order chi connectivity index (χ1) is 16.9. The number of benzene rings is 2. The molecule has 35 heavy (non-hydrogen) atoms. The van der Waals surface area contributed by atoms with E-state index in [0.717, 1.165) is 53.8 Å². The van der Waals surface area contributed by atoms with Crippen LogP contribution in [0.25, 0.3) is 21.0 Å². The zero-order chi connectivity index (χ0) is 24.5. The molecule has 2 atom stereocenters. The molecule has 8 heteroatoms. The highest BCUT2D eigenvalue weighted by atomic mass is 35.5. The number of halogens is 1. The Morgan fingerprint density at radius 1 is 1.14 bits per heavy atom. The molecule has 6 nitrogen and oxygen atoms in total. The summed E-state index contributed by atoms with van der Waals surface area (Å²) in [6.45, 7) is 7.69. The molecule has 1 fully saturated rings. The van der Waals surface area contributed by atoms with Gasteiger partial charge in [0.25, 0.3) is 0 Å². The van der Waals surface area contributed by atoms with Crippen molar-refractivity contribution < 1.29 is 4.79 Å². The van der Waals surface area contributed by atoms with Gasteiger partial charge in [0.15, 0.2) is 0 Å². The van der Waals surface area contributed by atoms with Crippen LogP contribution in [0.5, 0.6) is 0 Å². The van der Waals surface area contributed by atoms with Gasteiger partial charge in [0.1, 0.15) is 18.4 Å². The Morgan fingerprint density at radius 3 is 2.80 bits per heavy atom. The van der Waals surface area contributed by atoms with Gasteiger partial charge in [-0.05, 0) is 53.6 Å². The van der Waals surface area contributed by atoms with E-state index in [1.807, 2.05) is 18.2 Å². The molecule has 1 aliphatic rings. The van der Waals surface area contributed by atoms with Crippen LogP contribution in [0.3, 0.4) is 0 Å². The molecular formula is C27H30ClN5OS. The summed E-state index contributed by atoms with van der Waals surface area (Å²) in [4.78, 5) is 26.9. The molecule has 0 bridgehead atoms. The van der Waals surface area contributed by atoms with Crippen molar-refractivity contribution in [1.29, 1.82) is 0 Å². The third-order valence-corrected chi connectivity index (χ3v) is 8.04. The monoisotopic (exact) mass is 507 g/mol. The topological polar surface area (TPSA) is 75.4 Å². The summed E-state index contributed by atoms with van der Waals surface area (Å²) in [6, 6.07) is 14.5. The molecule has 2 N–H and O–H groups in total. The van der Waals surface area contributed by atoms with Crippen LogP contribution in [0.15, 0.2) is 48.8 Å². The first-order valence-corrected chi connectivity index (χ1v) is 13.2. The summed E-state index contributed by atoms with van der Waals surface area (Å²) in [6.07, 6.45) is 3.65. The predicted octanol–water partition coefficient (Wildman–Crippen LogP) is 5.38. The van der Waals surface area contributed by atoms with Gasteiger partial charge in [-0.1, -0.05) is 37.6 Å². The summed E-state index contributed by atoms with van der Waals surface area (Å²) < 4.78 is 1.21. The average molecular weight is 508 g/mol. The molecular weight excluding hydrogens is 478 g/mol. The highest BCUT2D eigenvalue weighted by Gasteiger charge is 2.34. The molecule has 0 aliphatic carbocycles. The summed E-state index contributed by atoms with van der Waals surface area (Å²) in [7, 11) is 0. The van der Waals surface area contributed by atoms with Crippen LogP contribution < -0.4 is 5.73 Å². The molecule has 3 heterocycles. The molecule has 2 aromatic carbocycles. The number of nitrogen functional groups attached to an aromatic ring is 1. The molecule has 1 unspecified atom stereocenters. The molecule has 1 saturated heterocycles. The van der Waals surface area contributed by atoms with Crippen molar-refractivity contribution in [3.63, 3.8) is 0 Å². The van der Waals surface area contributed by atoms with Crippen molar-refractivity contribution in [2.24, 2.45) is 5.92 Å². The maximum absolute atomic E-state index is 12.3. The van der Waals surface area contributed by atoms with E-state index in [9.17, 15) is 4.79 Å². The lowest BCUT2D eigenvalue weighted by Crippen LogP contribution is -2.58. The van der Waals surface area contributed by atoms with Crippen LogP contribution in [-0.4, -0.2) is 51.2 Å². The van der Waals surface area contributed by atoms with Crippen LogP contribution in [-0.2, 0) is 17.9 Å². The van der Waals surface area contributed by atoms with E-state index < -0.39 is 0 Å². The summed E-state index contributed by atoms with van der Waals surface area (Å²) >= 11 is 7.97. The molecule has 4 aromatic rings. The number of anilines is 1. The van der Waals surface area contributed by atoms with Gasteiger partial charge in [-0.15, -0.1) is 11.3 Å². The molecule has 0 spiro atoms. The van der Waals surface area contributed by atoms with Gasteiger partial charge in [-0.25, -0.2) is 9.97 Å². The number of hydrogen-bond donors (Lipinski definition) is 1. The van der Waals surface area contributed by atoms with E-state index >= 15 is 0 Å². The van der Waals surface area contributed by atoms with Crippen LogP contribution >= 0.6 is 22.9 Å². The molecule has 182 valence electrons. The lowest BCUT2D eigenvalue weighted by molar-refractivity contribution is -0.117. The van der Waals surface area contributed by atoms with Gasteiger partial charge in [0.2, 0.25) is 0 Å². The van der Waals surface area contributed by atoms with Crippen LogP contribution in [0.4, 0.5) is 5.82 Å². The van der Waals surface area contributed by atoms with Gasteiger partial charge in [-0.3, -0.25) is 9.80 Å². The second kappa shape index (κ2) is 10.2. The van der Waals surface area contributed by atoms with E-state index in [1.54, 1.807) is 11.3 Å². The maximum Gasteiger partial charge on any atom is 0.138 e. The third-order valence-electron chi connectivity index (χ3n) is 6.72. The van der Waals surface area contributed by atoms with E-state index in [-0.39, 0.29) is 12.1 Å². The van der Waals surface area contributed by atoms with E-state index in [4.69, 9.17) is 17.3 Å². The maximum atomic E-state index is 12.3. The minimum Gasteiger partial charge on any atom is -0.383 e. The number of fused-ring (bicyclic) bond motifs is 2. The first-order valence-electron chi connectivity index (χ1n) is 12.0. The fourth-order valence-corrected chi connectivity index (χ4v) is 6.54. The van der Waals surface area contributed by atoms with E-state index in [1.165, 1.54) is 21.3 Å². The summed E-state index contributed by atoms with van der Waals surface area (Å²) in [5.74, 6) is 1.02. The Hall–Kier alpha value is -2.58. The predicted molar refractivity (Wildman–Crippen MR) is 145 cm³/mol. The van der Waals surface area contributed by atoms with Crippen molar-refractivity contribution in [1.82, 2.24) is 19.8 Å². The number of carbonyl (C=O) groups excluding carboxylic acids is 1.